The Kier molecular flexibility index (Phi) is 4.74. The number of rotatable bonds is 5. The number of hydrogen-bond donors (Lipinski definition) is 2. The molecule has 2 aliphatic rings. The van der Waals surface area contributed by atoms with Crippen LogP contribution < -0.4 is 10.6 Å². The zero-order valence-electron chi connectivity index (χ0n) is 19.4. The second-order valence-electron chi connectivity index (χ2n) is 7.37. The highest BCUT2D eigenvalue weighted by Gasteiger charge is 2.41. The Morgan fingerprint density at radius 1 is 1.28 bits per heavy atom. The van der Waals surface area contributed by atoms with E-state index < -0.39 is 54.1 Å². The number of carbonyl (C=O) groups excluding carboxylic acids is 4. The third-order valence-corrected chi connectivity index (χ3v) is 5.53. The summed E-state index contributed by atoms with van der Waals surface area (Å²) in [7, 11) is 0. The molecule has 166 valence electrons. The van der Waals surface area contributed by atoms with Crippen molar-refractivity contribution in [2.45, 2.75) is 37.9 Å². The maximum atomic E-state index is 14.6. The predicted molar refractivity (Wildman–Crippen MR) is 110 cm³/mol. The first-order chi connectivity index (χ1) is 16.4. The number of halogens is 3. The SMILES string of the molecule is [2H]C1CC(N2Cc3cc(CN([2H])C(=O)C(F)(F)c4ccc(Cl)cc4)ccc3C2=O)C(=O)N([2H])C1=O. The smallest absolute Gasteiger partial charge is 0.346 e. The molecule has 0 radical (unpaired) electrons. The molecule has 2 aliphatic heterocycles. The molecule has 2 heterocycles. The van der Waals surface area contributed by atoms with Crippen LogP contribution in [0.25, 0.3) is 0 Å². The van der Waals surface area contributed by atoms with Gasteiger partial charge in [-0.2, -0.15) is 8.78 Å². The summed E-state index contributed by atoms with van der Waals surface area (Å²) in [4.78, 5) is 50.4. The number of alkyl halides is 2. The maximum Gasteiger partial charge on any atom is 0.349 e. The van der Waals surface area contributed by atoms with Crippen LogP contribution in [0.5, 0.6) is 0 Å². The molecule has 10 heteroatoms. The predicted octanol–water partition coefficient (Wildman–Crippen LogP) is 2.51. The van der Waals surface area contributed by atoms with Gasteiger partial charge in [-0.05, 0) is 35.7 Å². The van der Waals surface area contributed by atoms with Gasteiger partial charge in [-0.25, -0.2) is 0 Å². The van der Waals surface area contributed by atoms with Crippen molar-refractivity contribution in [3.8, 4) is 0 Å². The van der Waals surface area contributed by atoms with Crippen molar-refractivity contribution in [3.05, 3.63) is 69.7 Å². The lowest BCUT2D eigenvalue weighted by Gasteiger charge is -2.29. The molecule has 0 saturated carbocycles. The first-order valence-electron chi connectivity index (χ1n) is 11.1. The minimum absolute atomic E-state index is 0.0694. The fourth-order valence-electron chi connectivity index (χ4n) is 3.59. The number of benzene rings is 2. The van der Waals surface area contributed by atoms with Crippen LogP contribution >= 0.6 is 11.6 Å². The van der Waals surface area contributed by atoms with Crippen molar-refractivity contribution in [1.29, 1.82) is 0 Å². The molecule has 0 bridgehead atoms. The van der Waals surface area contributed by atoms with Crippen LogP contribution in [0.4, 0.5) is 8.78 Å². The van der Waals surface area contributed by atoms with Gasteiger partial charge in [0.1, 0.15) is 6.04 Å². The van der Waals surface area contributed by atoms with E-state index in [4.69, 9.17) is 15.8 Å². The van der Waals surface area contributed by atoms with Crippen molar-refractivity contribution >= 4 is 35.2 Å². The van der Waals surface area contributed by atoms with Crippen LogP contribution in [0.15, 0.2) is 42.5 Å². The van der Waals surface area contributed by atoms with E-state index in [9.17, 15) is 28.0 Å². The van der Waals surface area contributed by atoms with Crippen molar-refractivity contribution in [2.75, 3.05) is 0 Å². The topological polar surface area (TPSA) is 95.6 Å². The van der Waals surface area contributed by atoms with Gasteiger partial charge in [-0.1, -0.05) is 35.9 Å². The third kappa shape index (κ3) is 4.08. The van der Waals surface area contributed by atoms with E-state index in [0.29, 0.717) is 11.1 Å². The van der Waals surface area contributed by atoms with Crippen LogP contribution in [-0.4, -0.2) is 34.6 Å². The van der Waals surface area contributed by atoms with Crippen LogP contribution in [0.2, 0.25) is 7.85 Å². The van der Waals surface area contributed by atoms with Crippen LogP contribution in [0, 0.1) is 0 Å². The molecule has 2 aromatic rings. The Morgan fingerprint density at radius 3 is 2.72 bits per heavy atom. The molecule has 0 spiro atoms. The van der Waals surface area contributed by atoms with Crippen LogP contribution in [-0.2, 0) is 33.4 Å². The van der Waals surface area contributed by atoms with Gasteiger partial charge in [0.15, 0.2) is 2.82 Å². The summed E-state index contributed by atoms with van der Waals surface area (Å²) in [5, 5.41) is 0.443. The third-order valence-electron chi connectivity index (χ3n) is 5.28. The number of carbonyl (C=O) groups is 4. The van der Waals surface area contributed by atoms with Gasteiger partial charge in [0.2, 0.25) is 11.8 Å². The zero-order valence-corrected chi connectivity index (χ0v) is 17.2. The van der Waals surface area contributed by atoms with E-state index in [1.54, 1.807) is 0 Å². The van der Waals surface area contributed by atoms with Crippen LogP contribution in [0.1, 0.15) is 41.2 Å². The molecule has 1 saturated heterocycles. The number of hydrogen-bond acceptors (Lipinski definition) is 4. The summed E-state index contributed by atoms with van der Waals surface area (Å²) in [6, 6.07) is 7.55. The fraction of sp³-hybridized carbons (Fsp3) is 0.273. The molecule has 1 fully saturated rings. The number of imide groups is 1. The highest BCUT2D eigenvalue weighted by atomic mass is 35.5. The van der Waals surface area contributed by atoms with E-state index >= 15 is 0 Å². The standard InChI is InChI=1S/C22H18ClF2N3O4/c23-15-4-2-14(3-5-15)22(24,25)21(32)26-10-12-1-6-16-13(9-12)11-28(20(16)31)17-7-8-18(29)27-19(17)30/h1-6,9,17H,7-8,10-11H2,(H,26,32)(H,27,29,30)/i8D/hD2. The lowest BCUT2D eigenvalue weighted by Crippen LogP contribution is -2.52. The number of nitrogens with one attached hydrogen (secondary N) is 2. The molecule has 4 amide bonds. The van der Waals surface area contributed by atoms with Crippen molar-refractivity contribution in [2.24, 2.45) is 0 Å². The summed E-state index contributed by atoms with van der Waals surface area (Å²) in [6.07, 6.45) is -1.60. The average molecular weight is 465 g/mol. The molecule has 0 aromatic heterocycles. The maximum absolute atomic E-state index is 14.6. The molecular formula is C22H18ClF2N3O4. The van der Waals surface area contributed by atoms with Gasteiger partial charge in [0.05, 0.1) is 0 Å². The van der Waals surface area contributed by atoms with Crippen molar-refractivity contribution in [3.63, 3.8) is 0 Å². The summed E-state index contributed by atoms with van der Waals surface area (Å²) in [5.74, 6) is -8.11. The lowest BCUT2D eigenvalue weighted by molar-refractivity contribution is -0.147. The van der Waals surface area contributed by atoms with E-state index in [1.165, 1.54) is 30.3 Å². The fourth-order valence-corrected chi connectivity index (χ4v) is 3.72. The van der Waals surface area contributed by atoms with Crippen LogP contribution in [0.3, 0.4) is 0 Å². The zero-order chi connectivity index (χ0) is 25.7. The van der Waals surface area contributed by atoms with E-state index in [-0.39, 0.29) is 34.2 Å². The summed E-state index contributed by atoms with van der Waals surface area (Å²) < 4.78 is 52.4. The number of fused-ring (bicyclic) bond motifs is 1. The Morgan fingerprint density at radius 2 is 2.00 bits per heavy atom. The Bertz CT molecular complexity index is 1230. The largest absolute Gasteiger partial charge is 0.349 e. The first-order valence-corrected chi connectivity index (χ1v) is 9.96. The Labute approximate surface area is 191 Å². The lowest BCUT2D eigenvalue weighted by atomic mass is 10.0. The van der Waals surface area contributed by atoms with Crippen molar-refractivity contribution in [1.82, 2.24) is 15.5 Å². The monoisotopic (exact) mass is 464 g/mol. The van der Waals surface area contributed by atoms with Gasteiger partial charge < -0.3 is 10.2 Å². The molecule has 0 aliphatic carbocycles. The van der Waals surface area contributed by atoms with E-state index in [2.05, 4.69) is 0 Å². The quantitative estimate of drug-likeness (QED) is 0.665. The highest BCUT2D eigenvalue weighted by Crippen LogP contribution is 2.30. The molecule has 2 aromatic carbocycles. The molecular weight excluding hydrogens is 444 g/mol. The minimum atomic E-state index is -3.95. The van der Waals surface area contributed by atoms with Gasteiger partial charge in [-0.15, -0.1) is 0 Å². The number of nitrogens with zero attached hydrogens (tertiary/aromatic N) is 1. The molecule has 7 nitrogen and oxygen atoms in total. The van der Waals surface area contributed by atoms with Gasteiger partial charge in [0, 0.05) is 37.0 Å². The Balaban J connectivity index is 1.49. The molecule has 32 heavy (non-hydrogen) atoms. The second kappa shape index (κ2) is 8.31. The van der Waals surface area contributed by atoms with Gasteiger partial charge in [-0.3, -0.25) is 24.5 Å². The number of amides is 4. The molecule has 4 rings (SSSR count). The summed E-state index contributed by atoms with van der Waals surface area (Å²) in [5.41, 5.74) is 0.358. The van der Waals surface area contributed by atoms with Gasteiger partial charge >= 0.3 is 5.92 Å². The Hall–Kier alpha value is -3.33. The van der Waals surface area contributed by atoms with E-state index in [1.807, 2.05) is 0 Å². The molecule has 2 unspecified atom stereocenters. The average Bonchev–Trinajstić information content (AvgIpc) is 3.15. The number of piperidine rings is 1. The minimum Gasteiger partial charge on any atom is -0.346 e. The van der Waals surface area contributed by atoms with Gasteiger partial charge in [0.25, 0.3) is 11.8 Å². The van der Waals surface area contributed by atoms with E-state index in [0.717, 1.165) is 17.0 Å². The molecule has 2 atom stereocenters. The highest BCUT2D eigenvalue weighted by molar-refractivity contribution is 6.30. The molecule has 2 N–H and O–H groups in total. The first kappa shape index (κ1) is 18.3. The van der Waals surface area contributed by atoms with Crippen molar-refractivity contribution < 1.29 is 32.2 Å². The second-order valence-corrected chi connectivity index (χ2v) is 7.81. The summed E-state index contributed by atoms with van der Waals surface area (Å²) >= 11 is 5.70. The summed E-state index contributed by atoms with van der Waals surface area (Å²) in [6.45, 7) is -0.560. The normalized spacial score (nSPS) is 22.3.